The summed E-state index contributed by atoms with van der Waals surface area (Å²) < 4.78 is 12.8. The van der Waals surface area contributed by atoms with Crippen LogP contribution in [-0.4, -0.2) is 27.8 Å². The fourth-order valence-corrected chi connectivity index (χ4v) is 4.59. The highest BCUT2D eigenvalue weighted by Crippen LogP contribution is 2.37. The van der Waals surface area contributed by atoms with Gasteiger partial charge in [0.2, 0.25) is 0 Å². The van der Waals surface area contributed by atoms with Gasteiger partial charge < -0.3 is 14.5 Å². The first kappa shape index (κ1) is 20.6. The number of H-pyrrole nitrogens is 1. The van der Waals surface area contributed by atoms with Crippen molar-refractivity contribution in [3.05, 3.63) is 94.9 Å². The molecule has 3 heterocycles. The molecule has 6 rings (SSSR count). The van der Waals surface area contributed by atoms with Crippen molar-refractivity contribution in [2.24, 2.45) is 0 Å². The number of aromatic nitrogens is 3. The molecule has 34 heavy (non-hydrogen) atoms. The Kier molecular flexibility index (Phi) is 5.08. The zero-order valence-electron chi connectivity index (χ0n) is 18.1. The number of rotatable bonds is 4. The number of fused-ring (bicyclic) bond motifs is 2. The monoisotopic (exact) mass is 469 g/mol. The maximum Gasteiger partial charge on any atom is 0.282 e. The summed E-state index contributed by atoms with van der Waals surface area (Å²) in [7, 11) is 0. The van der Waals surface area contributed by atoms with Gasteiger partial charge in [0.05, 0.1) is 17.0 Å². The van der Waals surface area contributed by atoms with E-state index in [9.17, 15) is 4.79 Å². The van der Waals surface area contributed by atoms with Crippen LogP contribution in [0.5, 0.6) is 11.5 Å². The fraction of sp³-hybridized carbons (Fsp3) is 0.111. The van der Waals surface area contributed by atoms with Gasteiger partial charge in [-0.1, -0.05) is 66.7 Å². The van der Waals surface area contributed by atoms with Crippen LogP contribution in [0.2, 0.25) is 0 Å². The minimum atomic E-state index is -0.250. The van der Waals surface area contributed by atoms with Crippen LogP contribution in [0, 0.1) is 0 Å². The van der Waals surface area contributed by atoms with Crippen molar-refractivity contribution in [1.29, 1.82) is 0 Å². The molecule has 0 radical (unpaired) electrons. The number of nitrogens with one attached hydrogen (secondary N) is 1. The molecule has 5 aromatic rings. The van der Waals surface area contributed by atoms with E-state index in [2.05, 4.69) is 4.98 Å². The standard InChI is InChI=1S/C27H20ClN3O3/c28-16-20-23(19-11-12-21-22(15-19)34-14-13-33-21)27(32)31-26(29-20)24(17-7-3-1-4-8-17)25(30-31)18-9-5-2-6-10-18/h1-12,15,29H,13-14,16H2. The molecule has 0 spiro atoms. The molecular formula is C27H20ClN3O3. The van der Waals surface area contributed by atoms with Crippen molar-refractivity contribution >= 4 is 17.2 Å². The molecule has 1 N–H and O–H groups in total. The molecule has 6 nitrogen and oxygen atoms in total. The van der Waals surface area contributed by atoms with Crippen LogP contribution in [-0.2, 0) is 5.88 Å². The highest BCUT2D eigenvalue weighted by atomic mass is 35.5. The summed E-state index contributed by atoms with van der Waals surface area (Å²) in [5, 5.41) is 4.78. The minimum absolute atomic E-state index is 0.135. The lowest BCUT2D eigenvalue weighted by Gasteiger charge is -2.19. The lowest BCUT2D eigenvalue weighted by atomic mass is 10.0. The summed E-state index contributed by atoms with van der Waals surface area (Å²) in [6.45, 7) is 0.970. The van der Waals surface area contributed by atoms with Gasteiger partial charge in [-0.3, -0.25) is 4.79 Å². The average Bonchev–Trinajstić information content (AvgIpc) is 3.29. The molecule has 0 atom stereocenters. The first-order valence-corrected chi connectivity index (χ1v) is 11.5. The quantitative estimate of drug-likeness (QED) is 0.351. The Hall–Kier alpha value is -4.03. The van der Waals surface area contributed by atoms with Crippen molar-refractivity contribution in [3.8, 4) is 45.0 Å². The van der Waals surface area contributed by atoms with Gasteiger partial charge in [0.1, 0.15) is 24.6 Å². The van der Waals surface area contributed by atoms with E-state index in [0.29, 0.717) is 47.2 Å². The summed E-state index contributed by atoms with van der Waals surface area (Å²) in [5.41, 5.74) is 5.58. The highest BCUT2D eigenvalue weighted by Gasteiger charge is 2.23. The third-order valence-electron chi connectivity index (χ3n) is 5.94. The van der Waals surface area contributed by atoms with Crippen molar-refractivity contribution in [1.82, 2.24) is 14.6 Å². The van der Waals surface area contributed by atoms with Crippen LogP contribution in [0.1, 0.15) is 5.69 Å². The van der Waals surface area contributed by atoms with E-state index in [-0.39, 0.29) is 11.4 Å². The normalized spacial score (nSPS) is 12.7. The molecule has 0 amide bonds. The molecule has 0 bridgehead atoms. The van der Waals surface area contributed by atoms with E-state index in [0.717, 1.165) is 22.4 Å². The van der Waals surface area contributed by atoms with Gasteiger partial charge in [0, 0.05) is 11.3 Å². The molecule has 3 aromatic carbocycles. The summed E-state index contributed by atoms with van der Waals surface area (Å²) in [5.74, 6) is 1.41. The lowest BCUT2D eigenvalue weighted by molar-refractivity contribution is 0.171. The van der Waals surface area contributed by atoms with E-state index in [1.165, 1.54) is 4.52 Å². The number of halogens is 1. The van der Waals surface area contributed by atoms with Gasteiger partial charge >= 0.3 is 0 Å². The molecule has 1 aliphatic heterocycles. The Morgan fingerprint density at radius 2 is 1.50 bits per heavy atom. The molecule has 2 aromatic heterocycles. The van der Waals surface area contributed by atoms with Crippen LogP contribution in [0.3, 0.4) is 0 Å². The summed E-state index contributed by atoms with van der Waals surface area (Å²) in [6.07, 6.45) is 0. The van der Waals surface area contributed by atoms with Gasteiger partial charge in [0.15, 0.2) is 11.5 Å². The predicted octanol–water partition coefficient (Wildman–Crippen LogP) is 5.53. The molecule has 0 unspecified atom stereocenters. The first-order chi connectivity index (χ1) is 16.7. The second-order valence-electron chi connectivity index (χ2n) is 7.99. The second-order valence-corrected chi connectivity index (χ2v) is 8.26. The highest BCUT2D eigenvalue weighted by molar-refractivity contribution is 6.17. The number of ether oxygens (including phenoxy) is 2. The number of alkyl halides is 1. The fourth-order valence-electron chi connectivity index (χ4n) is 4.39. The predicted molar refractivity (Wildman–Crippen MR) is 133 cm³/mol. The lowest BCUT2D eigenvalue weighted by Crippen LogP contribution is -2.20. The van der Waals surface area contributed by atoms with E-state index >= 15 is 0 Å². The Morgan fingerprint density at radius 3 is 2.21 bits per heavy atom. The Bertz CT molecular complexity index is 1560. The van der Waals surface area contributed by atoms with Crippen molar-refractivity contribution < 1.29 is 9.47 Å². The third kappa shape index (κ3) is 3.35. The minimum Gasteiger partial charge on any atom is -0.486 e. The summed E-state index contributed by atoms with van der Waals surface area (Å²) in [6, 6.07) is 25.3. The van der Waals surface area contributed by atoms with Crippen molar-refractivity contribution in [2.45, 2.75) is 5.88 Å². The average molecular weight is 470 g/mol. The van der Waals surface area contributed by atoms with E-state index in [1.54, 1.807) is 0 Å². The Labute approximate surface area is 200 Å². The molecule has 0 aliphatic carbocycles. The summed E-state index contributed by atoms with van der Waals surface area (Å²) >= 11 is 6.36. The molecule has 0 saturated heterocycles. The number of aromatic amines is 1. The van der Waals surface area contributed by atoms with Crippen molar-refractivity contribution in [2.75, 3.05) is 13.2 Å². The van der Waals surface area contributed by atoms with E-state index < -0.39 is 0 Å². The third-order valence-corrected chi connectivity index (χ3v) is 6.20. The maximum absolute atomic E-state index is 13.9. The number of nitrogens with zero attached hydrogens (tertiary/aromatic N) is 2. The zero-order chi connectivity index (χ0) is 23.1. The topological polar surface area (TPSA) is 68.6 Å². The molecule has 1 aliphatic rings. The number of benzene rings is 3. The number of hydrogen-bond acceptors (Lipinski definition) is 4. The van der Waals surface area contributed by atoms with Crippen LogP contribution < -0.4 is 15.0 Å². The van der Waals surface area contributed by atoms with E-state index in [1.807, 2.05) is 78.9 Å². The van der Waals surface area contributed by atoms with Crippen LogP contribution in [0.15, 0.2) is 83.7 Å². The van der Waals surface area contributed by atoms with Gasteiger partial charge in [-0.25, -0.2) is 0 Å². The van der Waals surface area contributed by atoms with Gasteiger partial charge in [-0.05, 0) is 23.3 Å². The van der Waals surface area contributed by atoms with Gasteiger partial charge in [-0.15, -0.1) is 11.6 Å². The van der Waals surface area contributed by atoms with Gasteiger partial charge in [0.25, 0.3) is 5.56 Å². The SMILES string of the molecule is O=c1c(-c2ccc3c(c2)OCCO3)c(CCl)[nH]c2c(-c3ccccc3)c(-c3ccccc3)nn12. The van der Waals surface area contributed by atoms with Gasteiger partial charge in [-0.2, -0.15) is 9.61 Å². The van der Waals surface area contributed by atoms with E-state index in [4.69, 9.17) is 26.2 Å². The largest absolute Gasteiger partial charge is 0.486 e. The van der Waals surface area contributed by atoms with Crippen LogP contribution in [0.25, 0.3) is 39.2 Å². The van der Waals surface area contributed by atoms with Crippen LogP contribution in [0.4, 0.5) is 0 Å². The van der Waals surface area contributed by atoms with Crippen molar-refractivity contribution in [3.63, 3.8) is 0 Å². The zero-order valence-corrected chi connectivity index (χ0v) is 18.9. The van der Waals surface area contributed by atoms with Crippen LogP contribution >= 0.6 is 11.6 Å². The Morgan fingerprint density at radius 1 is 0.824 bits per heavy atom. The molecule has 0 fully saturated rings. The molecule has 0 saturated carbocycles. The maximum atomic E-state index is 13.9. The smallest absolute Gasteiger partial charge is 0.282 e. The number of hydrogen-bond donors (Lipinski definition) is 1. The Balaban J connectivity index is 1.65. The molecular weight excluding hydrogens is 450 g/mol. The first-order valence-electron chi connectivity index (χ1n) is 11.0. The molecule has 168 valence electrons. The summed E-state index contributed by atoms with van der Waals surface area (Å²) in [4.78, 5) is 17.3. The molecule has 7 heteroatoms. The second kappa shape index (κ2) is 8.39.